The minimum absolute atomic E-state index is 0.0200. The molecular formula is C16H20N4O5S. The summed E-state index contributed by atoms with van der Waals surface area (Å²) >= 11 is 0. The summed E-state index contributed by atoms with van der Waals surface area (Å²) in [5.41, 5.74) is -0.243. The van der Waals surface area contributed by atoms with Gasteiger partial charge in [0.15, 0.2) is 0 Å². The van der Waals surface area contributed by atoms with Gasteiger partial charge in [0, 0.05) is 37.1 Å². The van der Waals surface area contributed by atoms with Crippen LogP contribution in [0.1, 0.15) is 50.3 Å². The maximum Gasteiger partial charge on any atom is 0.270 e. The van der Waals surface area contributed by atoms with Gasteiger partial charge < -0.3 is 4.42 Å². The lowest BCUT2D eigenvalue weighted by atomic mass is 9.98. The van der Waals surface area contributed by atoms with Crippen molar-refractivity contribution < 1.29 is 17.8 Å². The lowest BCUT2D eigenvalue weighted by Crippen LogP contribution is -2.38. The van der Waals surface area contributed by atoms with E-state index >= 15 is 0 Å². The van der Waals surface area contributed by atoms with Crippen LogP contribution in [-0.4, -0.2) is 40.9 Å². The van der Waals surface area contributed by atoms with Gasteiger partial charge in [-0.2, -0.15) is 4.31 Å². The number of nitrogens with zero attached hydrogens (tertiary/aromatic N) is 4. The number of hydrogen-bond acceptors (Lipinski definition) is 7. The van der Waals surface area contributed by atoms with E-state index in [0.29, 0.717) is 37.7 Å². The molecule has 0 atom stereocenters. The molecule has 10 heteroatoms. The monoisotopic (exact) mass is 380 g/mol. The van der Waals surface area contributed by atoms with Crippen molar-refractivity contribution in [2.75, 3.05) is 13.1 Å². The van der Waals surface area contributed by atoms with Crippen molar-refractivity contribution in [3.8, 4) is 0 Å². The molecular weight excluding hydrogens is 360 g/mol. The number of non-ortho nitro benzene ring substituents is 1. The highest BCUT2D eigenvalue weighted by atomic mass is 32.2. The van der Waals surface area contributed by atoms with E-state index in [4.69, 9.17) is 4.42 Å². The molecule has 0 spiro atoms. The van der Waals surface area contributed by atoms with E-state index in [1.807, 2.05) is 13.8 Å². The number of sulfonamides is 1. The highest BCUT2D eigenvalue weighted by Crippen LogP contribution is 2.31. The van der Waals surface area contributed by atoms with Gasteiger partial charge in [0.05, 0.1) is 9.82 Å². The van der Waals surface area contributed by atoms with Crippen LogP contribution in [-0.2, 0) is 10.0 Å². The predicted molar refractivity (Wildman–Crippen MR) is 92.2 cm³/mol. The van der Waals surface area contributed by atoms with Crippen molar-refractivity contribution in [3.63, 3.8) is 0 Å². The summed E-state index contributed by atoms with van der Waals surface area (Å²) in [6.07, 6.45) is 1.13. The summed E-state index contributed by atoms with van der Waals surface area (Å²) in [5, 5.41) is 19.0. The predicted octanol–water partition coefficient (Wildman–Crippen LogP) is 2.67. The van der Waals surface area contributed by atoms with Crippen molar-refractivity contribution >= 4 is 15.7 Å². The Labute approximate surface area is 151 Å². The van der Waals surface area contributed by atoms with E-state index in [1.54, 1.807) is 0 Å². The highest BCUT2D eigenvalue weighted by molar-refractivity contribution is 7.89. The molecule has 0 amide bonds. The first-order chi connectivity index (χ1) is 12.3. The molecule has 1 aromatic carbocycles. The normalized spacial score (nSPS) is 16.9. The first-order valence-corrected chi connectivity index (χ1v) is 9.81. The zero-order valence-corrected chi connectivity index (χ0v) is 15.3. The first-order valence-electron chi connectivity index (χ1n) is 8.37. The maximum absolute atomic E-state index is 12.8. The molecule has 0 N–H and O–H groups in total. The molecule has 0 bridgehead atoms. The third-order valence-electron chi connectivity index (χ3n) is 4.42. The molecule has 2 heterocycles. The van der Waals surface area contributed by atoms with Crippen molar-refractivity contribution in [2.24, 2.45) is 0 Å². The quantitative estimate of drug-likeness (QED) is 0.577. The minimum Gasteiger partial charge on any atom is -0.425 e. The van der Waals surface area contributed by atoms with E-state index in [9.17, 15) is 18.5 Å². The molecule has 0 unspecified atom stereocenters. The van der Waals surface area contributed by atoms with Crippen molar-refractivity contribution in [3.05, 3.63) is 46.2 Å². The average molecular weight is 380 g/mol. The van der Waals surface area contributed by atoms with Crippen LogP contribution in [0.5, 0.6) is 0 Å². The molecule has 0 radical (unpaired) electrons. The van der Waals surface area contributed by atoms with Crippen LogP contribution in [0.4, 0.5) is 5.69 Å². The summed E-state index contributed by atoms with van der Waals surface area (Å²) in [7, 11) is -3.77. The van der Waals surface area contributed by atoms with E-state index in [-0.39, 0.29) is 22.4 Å². The summed E-state index contributed by atoms with van der Waals surface area (Å²) < 4.78 is 32.5. The van der Waals surface area contributed by atoms with Crippen LogP contribution in [0.25, 0.3) is 0 Å². The second-order valence-corrected chi connectivity index (χ2v) is 8.50. The third kappa shape index (κ3) is 3.61. The Morgan fingerprint density at radius 2 is 1.96 bits per heavy atom. The number of nitro groups is 1. The first kappa shape index (κ1) is 18.5. The Hall–Kier alpha value is -2.33. The summed E-state index contributed by atoms with van der Waals surface area (Å²) in [6, 6.07) is 5.12. The van der Waals surface area contributed by atoms with Gasteiger partial charge in [-0.1, -0.05) is 19.9 Å². The Bertz CT molecular complexity index is 901. The average Bonchev–Trinajstić information content (AvgIpc) is 3.12. The van der Waals surface area contributed by atoms with E-state index in [1.165, 1.54) is 22.5 Å². The summed E-state index contributed by atoms with van der Waals surface area (Å²) in [5.74, 6) is 1.28. The third-order valence-corrected chi connectivity index (χ3v) is 6.31. The Balaban J connectivity index is 1.72. The van der Waals surface area contributed by atoms with Crippen molar-refractivity contribution in [1.82, 2.24) is 14.5 Å². The van der Waals surface area contributed by atoms with Gasteiger partial charge in [-0.05, 0) is 18.9 Å². The highest BCUT2D eigenvalue weighted by Gasteiger charge is 2.32. The SMILES string of the molecule is CC(C)c1nnc(C2CCN(S(=O)(=O)c3cccc([N+](=O)[O-])c3)CC2)o1. The Morgan fingerprint density at radius 3 is 2.54 bits per heavy atom. The fourth-order valence-corrected chi connectivity index (χ4v) is 4.40. The van der Waals surface area contributed by atoms with Gasteiger partial charge in [-0.15, -0.1) is 10.2 Å². The van der Waals surface area contributed by atoms with Crippen LogP contribution < -0.4 is 0 Å². The van der Waals surface area contributed by atoms with Crippen LogP contribution in [0.2, 0.25) is 0 Å². The number of benzene rings is 1. The van der Waals surface area contributed by atoms with Crippen molar-refractivity contribution in [1.29, 1.82) is 0 Å². The smallest absolute Gasteiger partial charge is 0.270 e. The largest absolute Gasteiger partial charge is 0.425 e. The molecule has 1 saturated heterocycles. The fraction of sp³-hybridized carbons (Fsp3) is 0.500. The minimum atomic E-state index is -3.77. The van der Waals surface area contributed by atoms with Gasteiger partial charge in [-0.3, -0.25) is 10.1 Å². The van der Waals surface area contributed by atoms with E-state index in [2.05, 4.69) is 10.2 Å². The standard InChI is InChI=1S/C16H20N4O5S/c1-11(2)15-17-18-16(25-15)12-6-8-19(9-7-12)26(23,24)14-5-3-4-13(10-14)20(21)22/h3-5,10-12H,6-9H2,1-2H3. The van der Waals surface area contributed by atoms with Gasteiger partial charge in [0.2, 0.25) is 21.8 Å². The molecule has 1 fully saturated rings. The van der Waals surface area contributed by atoms with Crippen LogP contribution >= 0.6 is 0 Å². The van der Waals surface area contributed by atoms with Gasteiger partial charge >= 0.3 is 0 Å². The number of nitro benzene ring substituents is 1. The molecule has 0 aliphatic carbocycles. The maximum atomic E-state index is 12.8. The van der Waals surface area contributed by atoms with E-state index in [0.717, 1.165) is 6.07 Å². The second-order valence-electron chi connectivity index (χ2n) is 6.57. The van der Waals surface area contributed by atoms with Crippen LogP contribution in [0, 0.1) is 10.1 Å². The zero-order valence-electron chi connectivity index (χ0n) is 14.5. The Morgan fingerprint density at radius 1 is 1.27 bits per heavy atom. The summed E-state index contributed by atoms with van der Waals surface area (Å²) in [6.45, 7) is 4.53. The molecule has 9 nitrogen and oxygen atoms in total. The number of aromatic nitrogens is 2. The number of hydrogen-bond donors (Lipinski definition) is 0. The molecule has 140 valence electrons. The topological polar surface area (TPSA) is 119 Å². The zero-order chi connectivity index (χ0) is 18.9. The number of piperidine rings is 1. The number of rotatable bonds is 5. The van der Waals surface area contributed by atoms with Crippen LogP contribution in [0.3, 0.4) is 0 Å². The Kier molecular flexibility index (Phi) is 5.05. The molecule has 1 aliphatic rings. The van der Waals surface area contributed by atoms with E-state index < -0.39 is 14.9 Å². The van der Waals surface area contributed by atoms with Crippen LogP contribution in [0.15, 0.2) is 33.6 Å². The molecule has 2 aromatic rings. The lowest BCUT2D eigenvalue weighted by Gasteiger charge is -2.29. The lowest BCUT2D eigenvalue weighted by molar-refractivity contribution is -0.385. The van der Waals surface area contributed by atoms with Gasteiger partial charge in [-0.25, -0.2) is 8.42 Å². The second kappa shape index (κ2) is 7.12. The molecule has 3 rings (SSSR count). The summed E-state index contributed by atoms with van der Waals surface area (Å²) in [4.78, 5) is 10.2. The molecule has 1 aliphatic heterocycles. The van der Waals surface area contributed by atoms with Gasteiger partial charge in [0.1, 0.15) is 0 Å². The molecule has 0 saturated carbocycles. The van der Waals surface area contributed by atoms with Crippen molar-refractivity contribution in [2.45, 2.75) is 43.4 Å². The molecule has 26 heavy (non-hydrogen) atoms. The fourth-order valence-electron chi connectivity index (χ4n) is 2.89. The van der Waals surface area contributed by atoms with Gasteiger partial charge in [0.25, 0.3) is 5.69 Å². The molecule has 1 aromatic heterocycles.